The minimum absolute atomic E-state index is 0.191. The van der Waals surface area contributed by atoms with E-state index in [1.165, 1.54) is 16.8 Å². The molecule has 0 saturated carbocycles. The number of para-hydroxylation sites is 1. The van der Waals surface area contributed by atoms with E-state index in [9.17, 15) is 9.59 Å². The van der Waals surface area contributed by atoms with Crippen molar-refractivity contribution in [3.63, 3.8) is 0 Å². The molecule has 6 nitrogen and oxygen atoms in total. The number of benzene rings is 2. The molecule has 0 unspecified atom stereocenters. The van der Waals surface area contributed by atoms with Crippen molar-refractivity contribution in [3.05, 3.63) is 93.4 Å². The highest BCUT2D eigenvalue weighted by atomic mass is 16.5. The summed E-state index contributed by atoms with van der Waals surface area (Å²) in [6.45, 7) is 2.62. The maximum absolute atomic E-state index is 12.4. The first-order chi connectivity index (χ1) is 13.1. The standard InChI is InChI=1S/C21H21N3O3/c1-15-7-9-16(10-8-15)14-24-20(25)12-11-18(23-24)21(26)22-13-17-5-3-4-6-19(17)27-2/h3-12H,13-14H2,1-2H3,(H,22,26). The van der Waals surface area contributed by atoms with E-state index >= 15 is 0 Å². The number of hydrogen-bond donors (Lipinski definition) is 1. The summed E-state index contributed by atoms with van der Waals surface area (Å²) in [6, 6.07) is 18.1. The van der Waals surface area contributed by atoms with E-state index in [2.05, 4.69) is 10.4 Å². The van der Waals surface area contributed by atoms with Crippen LogP contribution in [0.4, 0.5) is 0 Å². The number of hydrogen-bond acceptors (Lipinski definition) is 4. The van der Waals surface area contributed by atoms with E-state index in [1.807, 2.05) is 55.5 Å². The second kappa shape index (κ2) is 8.31. The molecule has 3 rings (SSSR count). The van der Waals surface area contributed by atoms with E-state index < -0.39 is 0 Å². The quantitative estimate of drug-likeness (QED) is 0.730. The average molecular weight is 363 g/mol. The summed E-state index contributed by atoms with van der Waals surface area (Å²) in [6.07, 6.45) is 0. The van der Waals surface area contributed by atoms with Crippen molar-refractivity contribution >= 4 is 5.91 Å². The van der Waals surface area contributed by atoms with Gasteiger partial charge in [-0.15, -0.1) is 0 Å². The molecule has 0 bridgehead atoms. The van der Waals surface area contributed by atoms with Crippen molar-refractivity contribution < 1.29 is 9.53 Å². The summed E-state index contributed by atoms with van der Waals surface area (Å²) >= 11 is 0. The van der Waals surface area contributed by atoms with Crippen molar-refractivity contribution in [3.8, 4) is 5.75 Å². The lowest BCUT2D eigenvalue weighted by atomic mass is 10.1. The third-order valence-corrected chi connectivity index (χ3v) is 4.18. The first-order valence-corrected chi connectivity index (χ1v) is 8.60. The fraction of sp³-hybridized carbons (Fsp3) is 0.190. The molecule has 1 amide bonds. The monoisotopic (exact) mass is 363 g/mol. The molecule has 1 aromatic heterocycles. The Morgan fingerprint density at radius 2 is 1.81 bits per heavy atom. The molecule has 2 aromatic carbocycles. The first-order valence-electron chi connectivity index (χ1n) is 8.60. The van der Waals surface area contributed by atoms with Crippen LogP contribution in [-0.4, -0.2) is 22.8 Å². The molecule has 27 heavy (non-hydrogen) atoms. The second-order valence-electron chi connectivity index (χ2n) is 6.19. The number of methoxy groups -OCH3 is 1. The normalized spacial score (nSPS) is 10.4. The molecule has 0 atom stereocenters. The number of amides is 1. The SMILES string of the molecule is COc1ccccc1CNC(=O)c1ccc(=O)n(Cc2ccc(C)cc2)n1. The van der Waals surface area contributed by atoms with Crippen LogP contribution in [0.2, 0.25) is 0 Å². The van der Waals surface area contributed by atoms with E-state index in [4.69, 9.17) is 4.74 Å². The van der Waals surface area contributed by atoms with Gasteiger partial charge in [-0.25, -0.2) is 4.68 Å². The Morgan fingerprint density at radius 3 is 2.56 bits per heavy atom. The van der Waals surface area contributed by atoms with Gasteiger partial charge in [0.25, 0.3) is 11.5 Å². The highest BCUT2D eigenvalue weighted by Gasteiger charge is 2.11. The van der Waals surface area contributed by atoms with Gasteiger partial charge in [-0.3, -0.25) is 9.59 Å². The van der Waals surface area contributed by atoms with E-state index in [-0.39, 0.29) is 17.2 Å². The molecule has 1 heterocycles. The Labute approximate surface area is 157 Å². The van der Waals surface area contributed by atoms with Crippen LogP contribution in [-0.2, 0) is 13.1 Å². The van der Waals surface area contributed by atoms with Gasteiger partial charge in [0, 0.05) is 18.2 Å². The third-order valence-electron chi connectivity index (χ3n) is 4.18. The van der Waals surface area contributed by atoms with Crippen LogP contribution in [0.25, 0.3) is 0 Å². The highest BCUT2D eigenvalue weighted by Crippen LogP contribution is 2.16. The summed E-state index contributed by atoms with van der Waals surface area (Å²) in [5.41, 5.74) is 2.89. The largest absolute Gasteiger partial charge is 0.496 e. The van der Waals surface area contributed by atoms with Crippen LogP contribution >= 0.6 is 0 Å². The van der Waals surface area contributed by atoms with Gasteiger partial charge in [0.2, 0.25) is 0 Å². The van der Waals surface area contributed by atoms with Crippen molar-refractivity contribution in [1.82, 2.24) is 15.1 Å². The maximum atomic E-state index is 12.4. The number of nitrogens with zero attached hydrogens (tertiary/aromatic N) is 2. The van der Waals surface area contributed by atoms with Crippen molar-refractivity contribution in [1.29, 1.82) is 0 Å². The molecule has 0 aliphatic rings. The molecule has 1 N–H and O–H groups in total. The lowest BCUT2D eigenvalue weighted by Gasteiger charge is -2.10. The topological polar surface area (TPSA) is 73.2 Å². The molecule has 6 heteroatoms. The number of carbonyl (C=O) groups is 1. The van der Waals surface area contributed by atoms with E-state index in [0.29, 0.717) is 18.8 Å². The number of rotatable bonds is 6. The van der Waals surface area contributed by atoms with Gasteiger partial charge < -0.3 is 10.1 Å². The van der Waals surface area contributed by atoms with Gasteiger partial charge in [0.1, 0.15) is 11.4 Å². The molecule has 0 aliphatic heterocycles. The first kappa shape index (κ1) is 18.4. The smallest absolute Gasteiger partial charge is 0.271 e. The van der Waals surface area contributed by atoms with E-state index in [1.54, 1.807) is 7.11 Å². The summed E-state index contributed by atoms with van der Waals surface area (Å²) in [4.78, 5) is 24.5. The molecule has 0 radical (unpaired) electrons. The Kier molecular flexibility index (Phi) is 5.66. The van der Waals surface area contributed by atoms with Crippen molar-refractivity contribution in [2.75, 3.05) is 7.11 Å². The number of nitrogens with one attached hydrogen (secondary N) is 1. The molecular formula is C21H21N3O3. The fourth-order valence-corrected chi connectivity index (χ4v) is 2.66. The predicted molar refractivity (Wildman–Crippen MR) is 103 cm³/mol. The number of carbonyl (C=O) groups excluding carboxylic acids is 1. The third kappa shape index (κ3) is 4.61. The van der Waals surface area contributed by atoms with Gasteiger partial charge in [-0.2, -0.15) is 5.10 Å². The fourth-order valence-electron chi connectivity index (χ4n) is 2.66. The van der Waals surface area contributed by atoms with Crippen LogP contribution in [0.5, 0.6) is 5.75 Å². The summed E-state index contributed by atoms with van der Waals surface area (Å²) < 4.78 is 6.57. The van der Waals surface area contributed by atoms with Gasteiger partial charge in [-0.1, -0.05) is 48.0 Å². The minimum atomic E-state index is -0.349. The van der Waals surface area contributed by atoms with Crippen LogP contribution in [0.15, 0.2) is 65.5 Å². The number of aryl methyl sites for hydroxylation is 1. The van der Waals surface area contributed by atoms with Crippen LogP contribution in [0.1, 0.15) is 27.2 Å². The van der Waals surface area contributed by atoms with E-state index in [0.717, 1.165) is 16.7 Å². The molecular weight excluding hydrogens is 342 g/mol. The van der Waals surface area contributed by atoms with Crippen LogP contribution < -0.4 is 15.6 Å². The van der Waals surface area contributed by atoms with Crippen LogP contribution in [0, 0.1) is 6.92 Å². The summed E-state index contributed by atoms with van der Waals surface area (Å²) in [5.74, 6) is 0.355. The van der Waals surface area contributed by atoms with Gasteiger partial charge in [-0.05, 0) is 24.6 Å². The minimum Gasteiger partial charge on any atom is -0.496 e. The average Bonchev–Trinajstić information content (AvgIpc) is 2.69. The molecule has 0 aliphatic carbocycles. The molecule has 0 saturated heterocycles. The molecule has 0 spiro atoms. The van der Waals surface area contributed by atoms with Crippen LogP contribution in [0.3, 0.4) is 0 Å². The number of aromatic nitrogens is 2. The van der Waals surface area contributed by atoms with Gasteiger partial charge in [0.05, 0.1) is 13.7 Å². The molecule has 0 fully saturated rings. The molecule has 138 valence electrons. The predicted octanol–water partition coefficient (Wildman–Crippen LogP) is 2.54. The summed E-state index contributed by atoms with van der Waals surface area (Å²) in [7, 11) is 1.59. The van der Waals surface area contributed by atoms with Gasteiger partial charge in [0.15, 0.2) is 0 Å². The Hall–Kier alpha value is -3.41. The zero-order valence-electron chi connectivity index (χ0n) is 15.3. The highest BCUT2D eigenvalue weighted by molar-refractivity contribution is 5.92. The van der Waals surface area contributed by atoms with Crippen molar-refractivity contribution in [2.45, 2.75) is 20.0 Å². The Morgan fingerprint density at radius 1 is 1.07 bits per heavy atom. The lowest BCUT2D eigenvalue weighted by molar-refractivity contribution is 0.0943. The summed E-state index contributed by atoms with van der Waals surface area (Å²) in [5, 5.41) is 7.02. The zero-order chi connectivity index (χ0) is 19.2. The Balaban J connectivity index is 1.73. The van der Waals surface area contributed by atoms with Crippen molar-refractivity contribution in [2.24, 2.45) is 0 Å². The maximum Gasteiger partial charge on any atom is 0.271 e. The second-order valence-corrected chi connectivity index (χ2v) is 6.19. The number of ether oxygens (including phenoxy) is 1. The zero-order valence-corrected chi connectivity index (χ0v) is 15.3. The Bertz CT molecular complexity index is 994. The van der Waals surface area contributed by atoms with Gasteiger partial charge >= 0.3 is 0 Å². The lowest BCUT2D eigenvalue weighted by Crippen LogP contribution is -2.29. The molecule has 3 aromatic rings.